The van der Waals surface area contributed by atoms with Crippen LogP contribution in [0.5, 0.6) is 11.5 Å². The Morgan fingerprint density at radius 3 is 1.90 bits per heavy atom. The molecule has 0 unspecified atom stereocenters. The minimum Gasteiger partial charge on any atom is -0.509 e. The van der Waals surface area contributed by atoms with E-state index in [1.54, 1.807) is 0 Å². The number of benzene rings is 7. The maximum atomic E-state index is 7.05. The van der Waals surface area contributed by atoms with Crippen LogP contribution in [0.2, 0.25) is 0 Å². The number of fused-ring (bicyclic) bond motifs is 3. The molecule has 0 bridgehead atoms. The van der Waals surface area contributed by atoms with Gasteiger partial charge in [0.1, 0.15) is 5.82 Å². The van der Waals surface area contributed by atoms with E-state index in [2.05, 4.69) is 265 Å². The van der Waals surface area contributed by atoms with Crippen molar-refractivity contribution in [1.29, 1.82) is 0 Å². The van der Waals surface area contributed by atoms with Crippen molar-refractivity contribution in [3.8, 4) is 28.4 Å². The third kappa shape index (κ3) is 8.86. The standard InChI is InChI=1S/C61H55N4O.Pt/c1-59(2,3)46-31-32-62-57(36-46)65-54-30-19-18-29-52(54)58-53(60(4,5)6)38-51(39-55(58)65)66-50-34-44(42-21-12-9-13-22-42)33-49(37-50)63-40-56(43-23-14-10-15-24-43)64(41-63)48-28-20-27-47(35-48)61(7,8)45-25-16-11-17-26-45;/h9-36,38,40-41H,1-8H3;/q-3;. The summed E-state index contributed by atoms with van der Waals surface area (Å²) in [6.45, 7) is 20.3. The molecule has 6 heteroatoms. The van der Waals surface area contributed by atoms with Gasteiger partial charge in [-0.2, -0.15) is 0 Å². The van der Waals surface area contributed by atoms with Crippen LogP contribution in [0.4, 0.5) is 11.4 Å². The molecule has 0 saturated heterocycles. The summed E-state index contributed by atoms with van der Waals surface area (Å²) in [5, 5.41) is 2.31. The van der Waals surface area contributed by atoms with E-state index in [-0.39, 0.29) is 37.3 Å². The molecule has 2 aromatic heterocycles. The Bertz CT molecular complexity index is 3250. The molecule has 0 aliphatic carbocycles. The molecule has 1 aliphatic heterocycles. The van der Waals surface area contributed by atoms with Gasteiger partial charge in [-0.3, -0.25) is 0 Å². The fraction of sp³-hybridized carbons (Fsp3) is 0.180. The van der Waals surface area contributed by atoms with Gasteiger partial charge < -0.3 is 19.1 Å². The van der Waals surface area contributed by atoms with Gasteiger partial charge in [-0.05, 0) is 80.6 Å². The maximum Gasteiger partial charge on any atom is 0.135 e. The van der Waals surface area contributed by atoms with Gasteiger partial charge in [-0.25, -0.2) is 4.98 Å². The molecule has 0 amide bonds. The Balaban J connectivity index is 0.00000562. The summed E-state index contributed by atoms with van der Waals surface area (Å²) in [4.78, 5) is 9.41. The second kappa shape index (κ2) is 17.8. The summed E-state index contributed by atoms with van der Waals surface area (Å²) < 4.78 is 9.30. The van der Waals surface area contributed by atoms with Crippen LogP contribution in [0.15, 0.2) is 182 Å². The van der Waals surface area contributed by atoms with E-state index in [9.17, 15) is 0 Å². The summed E-state index contributed by atoms with van der Waals surface area (Å²) >= 11 is 0. The Morgan fingerprint density at radius 2 is 1.19 bits per heavy atom. The van der Waals surface area contributed by atoms with Gasteiger partial charge in [-0.1, -0.05) is 188 Å². The number of ether oxygens (including phenoxy) is 1. The third-order valence-electron chi connectivity index (χ3n) is 12.9. The van der Waals surface area contributed by atoms with Crippen molar-refractivity contribution < 1.29 is 25.8 Å². The topological polar surface area (TPSA) is 33.5 Å². The largest absolute Gasteiger partial charge is 0.509 e. The first-order valence-corrected chi connectivity index (χ1v) is 22.9. The van der Waals surface area contributed by atoms with Gasteiger partial charge in [-0.15, -0.1) is 53.8 Å². The molecule has 10 rings (SSSR count). The SMILES string of the molecule is CC(C)(C)c1ccnc(-n2c3[c-]c(Oc4[c-]c(N5C=C(c6ccccc6)N(c6cccc(C(C)(C)c7ccccc7)c6)[CH-]5)cc(-c5ccccc5)c4)cc(C(C)(C)C)c3c3ccccc32)c1.[Pt]. The van der Waals surface area contributed by atoms with Gasteiger partial charge in [0.15, 0.2) is 0 Å². The van der Waals surface area contributed by atoms with Crippen molar-refractivity contribution in [3.05, 3.63) is 229 Å². The van der Waals surface area contributed by atoms with Gasteiger partial charge in [0.2, 0.25) is 0 Å². The molecule has 0 radical (unpaired) electrons. The minimum atomic E-state index is -0.220. The number of nitrogens with zero attached hydrogens (tertiary/aromatic N) is 4. The number of anilines is 2. The first-order chi connectivity index (χ1) is 31.7. The van der Waals surface area contributed by atoms with Crippen molar-refractivity contribution in [1.82, 2.24) is 9.55 Å². The molecule has 0 atom stereocenters. The average Bonchev–Trinajstić information content (AvgIpc) is 3.92. The van der Waals surface area contributed by atoms with Crippen LogP contribution in [-0.4, -0.2) is 9.55 Å². The van der Waals surface area contributed by atoms with Gasteiger partial charge in [0.05, 0.1) is 0 Å². The Kier molecular flexibility index (Phi) is 12.1. The van der Waals surface area contributed by atoms with Gasteiger partial charge >= 0.3 is 0 Å². The summed E-state index contributed by atoms with van der Waals surface area (Å²) in [6.07, 6.45) is 4.12. The minimum absolute atomic E-state index is 0. The van der Waals surface area contributed by atoms with Crippen molar-refractivity contribution in [3.63, 3.8) is 0 Å². The number of aromatic nitrogens is 2. The van der Waals surface area contributed by atoms with Crippen LogP contribution < -0.4 is 14.5 Å². The smallest absolute Gasteiger partial charge is 0.135 e. The van der Waals surface area contributed by atoms with Crippen molar-refractivity contribution in [2.24, 2.45) is 0 Å². The molecular weight excluding hydrogens is 1000 g/mol. The summed E-state index contributed by atoms with van der Waals surface area (Å²) in [6, 6.07) is 67.6. The Hall–Kier alpha value is -6.68. The molecule has 0 spiro atoms. The number of hydrogen-bond donors (Lipinski definition) is 0. The fourth-order valence-corrected chi connectivity index (χ4v) is 9.16. The van der Waals surface area contributed by atoms with Gasteiger partial charge in [0.25, 0.3) is 0 Å². The maximum absolute atomic E-state index is 7.05. The first-order valence-electron chi connectivity index (χ1n) is 22.9. The van der Waals surface area contributed by atoms with E-state index in [0.29, 0.717) is 11.5 Å². The molecule has 0 saturated carbocycles. The summed E-state index contributed by atoms with van der Waals surface area (Å²) in [5.74, 6) is 2.05. The monoisotopic (exact) mass is 1050 g/mol. The molecular formula is C61H55N4OPt-3. The van der Waals surface area contributed by atoms with Gasteiger partial charge in [0, 0.05) is 61.1 Å². The molecule has 1 aliphatic rings. The zero-order valence-electron chi connectivity index (χ0n) is 39.4. The Labute approximate surface area is 410 Å². The van der Waals surface area contributed by atoms with Crippen molar-refractivity contribution in [2.75, 3.05) is 9.80 Å². The van der Waals surface area contributed by atoms with E-state index in [0.717, 1.165) is 61.4 Å². The average molecular weight is 1060 g/mol. The van der Waals surface area contributed by atoms with E-state index >= 15 is 0 Å². The molecule has 0 fully saturated rings. The zero-order valence-corrected chi connectivity index (χ0v) is 41.7. The molecule has 338 valence electrons. The zero-order chi connectivity index (χ0) is 45.8. The summed E-state index contributed by atoms with van der Waals surface area (Å²) in [7, 11) is 0. The van der Waals surface area contributed by atoms with Crippen LogP contribution >= 0.6 is 0 Å². The number of pyridine rings is 1. The normalized spacial score (nSPS) is 13.2. The van der Waals surface area contributed by atoms with Crippen LogP contribution in [0, 0.1) is 18.8 Å². The second-order valence-corrected chi connectivity index (χ2v) is 19.9. The van der Waals surface area contributed by atoms with Crippen LogP contribution in [-0.2, 0) is 37.3 Å². The molecule has 9 aromatic rings. The first kappa shape index (κ1) is 45.5. The van der Waals surface area contributed by atoms with Crippen LogP contribution in [0.3, 0.4) is 0 Å². The van der Waals surface area contributed by atoms with Crippen molar-refractivity contribution >= 4 is 38.9 Å². The van der Waals surface area contributed by atoms with E-state index < -0.39 is 0 Å². The molecule has 0 N–H and O–H groups in total. The van der Waals surface area contributed by atoms with E-state index in [4.69, 9.17) is 9.72 Å². The summed E-state index contributed by atoms with van der Waals surface area (Å²) in [5.41, 5.74) is 12.6. The fourth-order valence-electron chi connectivity index (χ4n) is 9.16. The number of hydrogen-bond acceptors (Lipinski definition) is 4. The molecule has 5 nitrogen and oxygen atoms in total. The van der Waals surface area contributed by atoms with E-state index in [1.807, 2.05) is 6.20 Å². The van der Waals surface area contributed by atoms with Crippen LogP contribution in [0.1, 0.15) is 83.2 Å². The predicted octanol–water partition coefficient (Wildman–Crippen LogP) is 15.6. The van der Waals surface area contributed by atoms with Crippen LogP contribution in [0.25, 0.3) is 44.4 Å². The van der Waals surface area contributed by atoms with E-state index in [1.165, 1.54) is 22.3 Å². The third-order valence-corrected chi connectivity index (χ3v) is 12.9. The number of rotatable bonds is 9. The molecule has 3 heterocycles. The predicted molar refractivity (Wildman–Crippen MR) is 274 cm³/mol. The van der Waals surface area contributed by atoms with Crippen molar-refractivity contribution in [2.45, 2.75) is 71.6 Å². The second-order valence-electron chi connectivity index (χ2n) is 19.9. The Morgan fingerprint density at radius 1 is 0.552 bits per heavy atom. The number of para-hydroxylation sites is 1. The molecule has 67 heavy (non-hydrogen) atoms. The quantitative estimate of drug-likeness (QED) is 0.135. The molecule has 7 aromatic carbocycles.